The molecule has 1 saturated heterocycles. The average molecular weight is 333 g/mol. The van der Waals surface area contributed by atoms with Gasteiger partial charge in [-0.05, 0) is 60.6 Å². The van der Waals surface area contributed by atoms with Crippen LogP contribution in [0.15, 0.2) is 42.5 Å². The molecule has 0 radical (unpaired) electrons. The topological polar surface area (TPSA) is 49.7 Å². The number of aliphatic hydroxyl groups is 1. The van der Waals surface area contributed by atoms with Crippen molar-refractivity contribution >= 4 is 11.6 Å². The molecule has 2 aromatic rings. The molecule has 1 aliphatic rings. The van der Waals surface area contributed by atoms with E-state index < -0.39 is 0 Å². The quantitative estimate of drug-likeness (QED) is 0.880. The van der Waals surface area contributed by atoms with Crippen molar-refractivity contribution in [3.63, 3.8) is 0 Å². The maximum absolute atomic E-state index is 9.38. The molecule has 0 amide bonds. The van der Waals surface area contributed by atoms with Crippen molar-refractivity contribution in [1.29, 1.82) is 0 Å². The molecule has 0 spiro atoms. The van der Waals surface area contributed by atoms with E-state index in [0.717, 1.165) is 41.0 Å². The van der Waals surface area contributed by atoms with Gasteiger partial charge in [-0.25, -0.2) is 0 Å². The first-order valence-electron chi connectivity index (χ1n) is 7.98. The van der Waals surface area contributed by atoms with Gasteiger partial charge in [0.25, 0.3) is 0 Å². The summed E-state index contributed by atoms with van der Waals surface area (Å²) in [4.78, 5) is 0. The highest BCUT2D eigenvalue weighted by atomic mass is 35.5. The van der Waals surface area contributed by atoms with Crippen molar-refractivity contribution < 1.29 is 14.9 Å². The molecule has 4 heteroatoms. The number of hydrogen-bond acceptors (Lipinski definition) is 3. The second kappa shape index (κ2) is 7.35. The van der Waals surface area contributed by atoms with Gasteiger partial charge < -0.3 is 14.9 Å². The molecular formula is C19H21ClO3. The van der Waals surface area contributed by atoms with Gasteiger partial charge in [-0.1, -0.05) is 35.9 Å². The zero-order chi connectivity index (χ0) is 16.2. The minimum absolute atomic E-state index is 0.0248. The van der Waals surface area contributed by atoms with Gasteiger partial charge in [0.05, 0.1) is 18.8 Å². The molecule has 23 heavy (non-hydrogen) atoms. The van der Waals surface area contributed by atoms with Crippen LogP contribution in [0, 0.1) is 0 Å². The number of hydrogen-bond donors (Lipinski definition) is 2. The first kappa shape index (κ1) is 16.3. The van der Waals surface area contributed by atoms with Crippen LogP contribution in [0.2, 0.25) is 5.02 Å². The smallest absolute Gasteiger partial charge is 0.115 e. The van der Waals surface area contributed by atoms with Gasteiger partial charge in [-0.15, -0.1) is 0 Å². The normalized spacial score (nSPS) is 21.3. The fourth-order valence-electron chi connectivity index (χ4n) is 3.04. The molecule has 3 rings (SSSR count). The van der Waals surface area contributed by atoms with Crippen molar-refractivity contribution in [1.82, 2.24) is 0 Å². The molecule has 0 bridgehead atoms. The lowest BCUT2D eigenvalue weighted by Gasteiger charge is -2.29. The van der Waals surface area contributed by atoms with E-state index in [1.807, 2.05) is 24.3 Å². The summed E-state index contributed by atoms with van der Waals surface area (Å²) in [5, 5.41) is 19.4. The molecule has 2 unspecified atom stereocenters. The lowest BCUT2D eigenvalue weighted by molar-refractivity contribution is -0.0737. The Morgan fingerprint density at radius 1 is 1.09 bits per heavy atom. The van der Waals surface area contributed by atoms with Gasteiger partial charge in [0.2, 0.25) is 0 Å². The van der Waals surface area contributed by atoms with Crippen molar-refractivity contribution in [2.24, 2.45) is 0 Å². The van der Waals surface area contributed by atoms with Gasteiger partial charge in [-0.3, -0.25) is 0 Å². The number of halogens is 1. The predicted molar refractivity (Wildman–Crippen MR) is 90.9 cm³/mol. The van der Waals surface area contributed by atoms with Crippen LogP contribution in [-0.2, 0) is 11.2 Å². The highest BCUT2D eigenvalue weighted by molar-refractivity contribution is 6.31. The Bertz CT molecular complexity index is 654. The van der Waals surface area contributed by atoms with Gasteiger partial charge in [0.15, 0.2) is 0 Å². The number of phenols is 1. The Morgan fingerprint density at radius 3 is 2.61 bits per heavy atom. The molecule has 2 N–H and O–H groups in total. The average Bonchev–Trinajstić information content (AvgIpc) is 2.59. The monoisotopic (exact) mass is 332 g/mol. The summed E-state index contributed by atoms with van der Waals surface area (Å²) >= 11 is 6.34. The van der Waals surface area contributed by atoms with Crippen LogP contribution < -0.4 is 0 Å². The zero-order valence-electron chi connectivity index (χ0n) is 12.9. The van der Waals surface area contributed by atoms with E-state index in [-0.39, 0.29) is 24.6 Å². The van der Waals surface area contributed by atoms with Gasteiger partial charge in [0.1, 0.15) is 5.75 Å². The maximum Gasteiger partial charge on any atom is 0.115 e. The van der Waals surface area contributed by atoms with Gasteiger partial charge in [-0.2, -0.15) is 0 Å². The van der Waals surface area contributed by atoms with E-state index >= 15 is 0 Å². The van der Waals surface area contributed by atoms with E-state index in [9.17, 15) is 10.2 Å². The van der Waals surface area contributed by atoms with Crippen molar-refractivity contribution in [2.45, 2.75) is 37.9 Å². The number of ether oxygens (including phenoxy) is 1. The number of rotatable bonds is 4. The number of phenolic OH excluding ortho intramolecular Hbond substituents is 1. The predicted octanol–water partition coefficient (Wildman–Crippen LogP) is 4.24. The molecule has 1 heterocycles. The number of benzene rings is 2. The van der Waals surface area contributed by atoms with Crippen LogP contribution >= 0.6 is 11.6 Å². The van der Waals surface area contributed by atoms with Crippen LogP contribution in [0.5, 0.6) is 5.75 Å². The minimum Gasteiger partial charge on any atom is -0.508 e. The van der Waals surface area contributed by atoms with E-state index in [2.05, 4.69) is 6.07 Å². The van der Waals surface area contributed by atoms with E-state index in [4.69, 9.17) is 16.3 Å². The molecule has 2 atom stereocenters. The summed E-state index contributed by atoms with van der Waals surface area (Å²) in [6.07, 6.45) is 3.62. The third-order valence-electron chi connectivity index (χ3n) is 4.33. The number of aromatic hydroxyl groups is 1. The van der Waals surface area contributed by atoms with Crippen molar-refractivity contribution in [3.8, 4) is 5.75 Å². The number of aliphatic hydroxyl groups excluding tert-OH is 1. The summed E-state index contributed by atoms with van der Waals surface area (Å²) in [5.41, 5.74) is 3.26. The molecule has 3 nitrogen and oxygen atoms in total. The lowest BCUT2D eigenvalue weighted by atomic mass is 9.95. The fourth-order valence-corrected chi connectivity index (χ4v) is 3.23. The Balaban J connectivity index is 1.80. The first-order valence-corrected chi connectivity index (χ1v) is 8.36. The second-order valence-electron chi connectivity index (χ2n) is 6.05. The van der Waals surface area contributed by atoms with Crippen LogP contribution in [0.25, 0.3) is 0 Å². The highest BCUT2D eigenvalue weighted by Gasteiger charge is 2.23. The zero-order valence-corrected chi connectivity index (χ0v) is 13.7. The van der Waals surface area contributed by atoms with Crippen LogP contribution in [0.4, 0.5) is 0 Å². The standard InChI is InChI=1S/C19H21ClO3/c20-18-9-6-14(19-3-1-2-17(12-21)23-19)11-15(18)10-13-4-7-16(22)8-5-13/h4-9,11,17,19,21-22H,1-3,10,12H2. The lowest BCUT2D eigenvalue weighted by Crippen LogP contribution is -2.25. The van der Waals surface area contributed by atoms with Crippen LogP contribution in [0.1, 0.15) is 42.1 Å². The summed E-state index contributed by atoms with van der Waals surface area (Å²) in [5.74, 6) is 0.263. The Morgan fingerprint density at radius 2 is 1.87 bits per heavy atom. The molecule has 0 aromatic heterocycles. The first-order chi connectivity index (χ1) is 11.2. The Kier molecular flexibility index (Phi) is 5.21. The third-order valence-corrected chi connectivity index (χ3v) is 4.69. The van der Waals surface area contributed by atoms with Crippen molar-refractivity contribution in [3.05, 3.63) is 64.2 Å². The molecule has 0 saturated carbocycles. The van der Waals surface area contributed by atoms with Gasteiger partial charge in [0, 0.05) is 5.02 Å². The SMILES string of the molecule is OCC1CCCC(c2ccc(Cl)c(Cc3ccc(O)cc3)c2)O1. The molecule has 0 aliphatic carbocycles. The summed E-state index contributed by atoms with van der Waals surface area (Å²) in [7, 11) is 0. The summed E-state index contributed by atoms with van der Waals surface area (Å²) in [6.45, 7) is 0.0739. The molecule has 1 fully saturated rings. The highest BCUT2D eigenvalue weighted by Crippen LogP contribution is 2.33. The molecule has 122 valence electrons. The Labute approximate surface area is 141 Å². The second-order valence-corrected chi connectivity index (χ2v) is 6.46. The van der Waals surface area contributed by atoms with Gasteiger partial charge >= 0.3 is 0 Å². The molecular weight excluding hydrogens is 312 g/mol. The van der Waals surface area contributed by atoms with Crippen LogP contribution in [-0.4, -0.2) is 22.9 Å². The minimum atomic E-state index is -0.0648. The Hall–Kier alpha value is -1.55. The summed E-state index contributed by atoms with van der Waals surface area (Å²) < 4.78 is 5.96. The van der Waals surface area contributed by atoms with E-state index in [0.29, 0.717) is 6.42 Å². The molecule has 2 aromatic carbocycles. The maximum atomic E-state index is 9.38. The molecule has 1 aliphatic heterocycles. The fraction of sp³-hybridized carbons (Fsp3) is 0.368. The van der Waals surface area contributed by atoms with E-state index in [1.165, 1.54) is 0 Å². The third kappa shape index (κ3) is 4.05. The van der Waals surface area contributed by atoms with Crippen LogP contribution in [0.3, 0.4) is 0 Å². The summed E-state index contributed by atoms with van der Waals surface area (Å²) in [6, 6.07) is 13.2. The van der Waals surface area contributed by atoms with Crippen molar-refractivity contribution in [2.75, 3.05) is 6.61 Å². The largest absolute Gasteiger partial charge is 0.508 e. The van der Waals surface area contributed by atoms with E-state index in [1.54, 1.807) is 12.1 Å².